The minimum Gasteiger partial charge on any atom is -0.370 e. The molecule has 176 valence electrons. The number of hydrogen-bond donors (Lipinski definition) is 2. The first-order chi connectivity index (χ1) is 15.2. The first-order valence-electron chi connectivity index (χ1n) is 10.1. The van der Waals surface area contributed by atoms with E-state index < -0.39 is 54.8 Å². The molecule has 2 fully saturated rings. The summed E-state index contributed by atoms with van der Waals surface area (Å²) in [5.41, 5.74) is 4.74. The van der Waals surface area contributed by atoms with Crippen LogP contribution in [0.2, 0.25) is 0 Å². The zero-order valence-corrected chi connectivity index (χ0v) is 17.1. The van der Waals surface area contributed by atoms with E-state index in [1.807, 2.05) is 0 Å². The van der Waals surface area contributed by atoms with Crippen LogP contribution in [0.5, 0.6) is 0 Å². The fraction of sp³-hybridized carbons (Fsp3) is 0.550. The number of amides is 3. The van der Waals surface area contributed by atoms with Crippen molar-refractivity contribution in [3.63, 3.8) is 0 Å². The number of halogens is 4. The molecule has 1 saturated carbocycles. The van der Waals surface area contributed by atoms with Crippen LogP contribution in [0.25, 0.3) is 0 Å². The Morgan fingerprint density at radius 2 is 1.97 bits per heavy atom. The van der Waals surface area contributed by atoms with Crippen LogP contribution in [0.3, 0.4) is 0 Å². The molecule has 0 radical (unpaired) electrons. The Bertz CT molecular complexity index is 866. The molecule has 1 heterocycles. The molecule has 32 heavy (non-hydrogen) atoms. The molecule has 1 aromatic rings. The number of carbonyl (C=O) groups is 3. The fourth-order valence-corrected chi connectivity index (χ4v) is 3.82. The van der Waals surface area contributed by atoms with Crippen molar-refractivity contribution in [1.82, 2.24) is 4.90 Å². The molecular weight excluding hydrogens is 436 g/mol. The quantitative estimate of drug-likeness (QED) is 0.433. The predicted molar refractivity (Wildman–Crippen MR) is 107 cm³/mol. The van der Waals surface area contributed by atoms with Crippen LogP contribution < -0.4 is 16.0 Å². The summed E-state index contributed by atoms with van der Waals surface area (Å²) in [7, 11) is 0. The minimum absolute atomic E-state index is 0.0217. The number of morpholine rings is 1. The Morgan fingerprint density at radius 3 is 2.50 bits per heavy atom. The van der Waals surface area contributed by atoms with E-state index in [0.717, 1.165) is 17.4 Å². The monoisotopic (exact) mass is 460 g/mol. The topological polar surface area (TPSA) is 105 Å². The van der Waals surface area contributed by atoms with Crippen LogP contribution >= 0.6 is 0 Å². The number of nitrogens with two attached hydrogens (primary N) is 1. The smallest absolute Gasteiger partial charge is 0.265 e. The molecule has 12 heteroatoms. The van der Waals surface area contributed by atoms with Crippen LogP contribution in [0.4, 0.5) is 28.9 Å². The average molecular weight is 460 g/mol. The Labute approximate surface area is 181 Å². The molecule has 0 bridgehead atoms. The number of carbonyl (C=O) groups excluding carboxylic acids is 3. The number of ether oxygens (including phenoxy) is 1. The third-order valence-electron chi connectivity index (χ3n) is 5.55. The average Bonchev–Trinajstić information content (AvgIpc) is 2.66. The maximum absolute atomic E-state index is 13.7. The molecule has 1 aliphatic heterocycles. The lowest BCUT2D eigenvalue weighted by molar-refractivity contribution is -0.136. The summed E-state index contributed by atoms with van der Waals surface area (Å²) in [4.78, 5) is 39.0. The number of nitrogens with zero attached hydrogens (tertiary/aromatic N) is 2. The van der Waals surface area contributed by atoms with Crippen molar-refractivity contribution >= 4 is 29.1 Å². The van der Waals surface area contributed by atoms with Gasteiger partial charge >= 0.3 is 0 Å². The van der Waals surface area contributed by atoms with Gasteiger partial charge in [0.05, 0.1) is 18.8 Å². The molecule has 3 rings (SSSR count). The second kappa shape index (κ2) is 10.3. The van der Waals surface area contributed by atoms with Gasteiger partial charge in [0.25, 0.3) is 24.7 Å². The number of anilines is 2. The molecular formula is C20H24F4N4O4. The van der Waals surface area contributed by atoms with Crippen molar-refractivity contribution < 1.29 is 36.7 Å². The number of benzene rings is 1. The normalized spacial score (nSPS) is 18.2. The van der Waals surface area contributed by atoms with Gasteiger partial charge in [-0.05, 0) is 31.0 Å². The van der Waals surface area contributed by atoms with Gasteiger partial charge < -0.3 is 20.7 Å². The number of rotatable bonds is 9. The Balaban J connectivity index is 1.84. The molecule has 0 aromatic heterocycles. The van der Waals surface area contributed by atoms with E-state index in [-0.39, 0.29) is 31.1 Å². The van der Waals surface area contributed by atoms with E-state index in [1.165, 1.54) is 17.0 Å². The van der Waals surface area contributed by atoms with Gasteiger partial charge in [-0.25, -0.2) is 17.6 Å². The van der Waals surface area contributed by atoms with Crippen LogP contribution in [0, 0.1) is 0 Å². The van der Waals surface area contributed by atoms with Crippen molar-refractivity contribution in [2.45, 2.75) is 44.2 Å². The van der Waals surface area contributed by atoms with Crippen molar-refractivity contribution in [3.8, 4) is 0 Å². The predicted octanol–water partition coefficient (Wildman–Crippen LogP) is 1.90. The molecule has 1 aromatic carbocycles. The summed E-state index contributed by atoms with van der Waals surface area (Å²) in [6.07, 6.45) is -3.89. The number of hydrogen-bond acceptors (Lipinski definition) is 5. The molecule has 8 nitrogen and oxygen atoms in total. The van der Waals surface area contributed by atoms with Crippen molar-refractivity contribution in [1.29, 1.82) is 0 Å². The van der Waals surface area contributed by atoms with Gasteiger partial charge in [-0.2, -0.15) is 0 Å². The molecule has 3 amide bonds. The molecule has 1 saturated heterocycles. The van der Waals surface area contributed by atoms with E-state index in [2.05, 4.69) is 5.32 Å². The summed E-state index contributed by atoms with van der Waals surface area (Å²) in [6, 6.07) is 1.46. The highest BCUT2D eigenvalue weighted by atomic mass is 19.3. The van der Waals surface area contributed by atoms with Crippen LogP contribution in [-0.2, 0) is 19.1 Å². The maximum Gasteiger partial charge on any atom is 0.265 e. The molecule has 2 aliphatic rings. The van der Waals surface area contributed by atoms with E-state index in [9.17, 15) is 31.9 Å². The van der Waals surface area contributed by atoms with E-state index in [4.69, 9.17) is 10.5 Å². The number of primary amides is 1. The molecule has 3 N–H and O–H groups in total. The van der Waals surface area contributed by atoms with E-state index >= 15 is 0 Å². The first kappa shape index (κ1) is 23.9. The Morgan fingerprint density at radius 1 is 1.25 bits per heavy atom. The number of nitrogens with one attached hydrogen (secondary N) is 1. The van der Waals surface area contributed by atoms with Gasteiger partial charge in [-0.15, -0.1) is 0 Å². The van der Waals surface area contributed by atoms with Crippen molar-refractivity contribution in [2.24, 2.45) is 5.73 Å². The zero-order valence-electron chi connectivity index (χ0n) is 17.1. The highest BCUT2D eigenvalue weighted by Crippen LogP contribution is 2.33. The largest absolute Gasteiger partial charge is 0.370 e. The zero-order chi connectivity index (χ0) is 23.4. The summed E-state index contributed by atoms with van der Waals surface area (Å²) in [6.45, 7) is -0.763. The highest BCUT2D eigenvalue weighted by molar-refractivity contribution is 6.09. The summed E-state index contributed by atoms with van der Waals surface area (Å²) >= 11 is 0. The van der Waals surface area contributed by atoms with Crippen molar-refractivity contribution in [3.05, 3.63) is 23.8 Å². The Kier molecular flexibility index (Phi) is 7.67. The maximum atomic E-state index is 13.7. The lowest BCUT2D eigenvalue weighted by atomic mass is 9.90. The SMILES string of the molecule is NC(=O)[C@H](C(=O)Nc1ccc(N2CCOCC2=O)c(C(F)F)c1)N(CC(F)F)C1CCC1. The minimum atomic E-state index is -2.96. The molecule has 1 atom stereocenters. The third-order valence-corrected chi connectivity index (χ3v) is 5.55. The summed E-state index contributed by atoms with van der Waals surface area (Å²) in [5, 5.41) is 2.33. The van der Waals surface area contributed by atoms with Gasteiger partial charge in [0.1, 0.15) is 6.61 Å². The third kappa shape index (κ3) is 5.36. The van der Waals surface area contributed by atoms with Crippen LogP contribution in [0.1, 0.15) is 31.3 Å². The van der Waals surface area contributed by atoms with Gasteiger partial charge in [0, 0.05) is 23.8 Å². The van der Waals surface area contributed by atoms with Gasteiger partial charge in [-0.3, -0.25) is 19.3 Å². The standard InChI is InChI=1S/C20H24F4N4O4/c21-15(22)9-28(12-2-1-3-12)17(19(25)30)20(31)26-11-4-5-14(13(8-11)18(23)24)27-6-7-32-10-16(27)29/h4-5,8,12,15,17-18H,1-3,6-7,9-10H2,(H2,25,30)(H,26,31)/t17-/m1/s1. The molecule has 1 aliphatic carbocycles. The Hall–Kier alpha value is -2.73. The first-order valence-corrected chi connectivity index (χ1v) is 10.1. The van der Waals surface area contributed by atoms with E-state index in [0.29, 0.717) is 12.8 Å². The van der Waals surface area contributed by atoms with Gasteiger partial charge in [-0.1, -0.05) is 6.42 Å². The molecule has 0 unspecified atom stereocenters. The second-order valence-corrected chi connectivity index (χ2v) is 7.64. The van der Waals surface area contributed by atoms with Gasteiger partial charge in [0.2, 0.25) is 5.91 Å². The number of alkyl halides is 4. The van der Waals surface area contributed by atoms with Crippen molar-refractivity contribution in [2.75, 3.05) is 36.5 Å². The summed E-state index contributed by atoms with van der Waals surface area (Å²) in [5.74, 6) is -2.58. The van der Waals surface area contributed by atoms with Gasteiger partial charge in [0.15, 0.2) is 6.04 Å². The van der Waals surface area contributed by atoms with E-state index in [1.54, 1.807) is 0 Å². The lowest BCUT2D eigenvalue weighted by Crippen LogP contribution is -2.58. The second-order valence-electron chi connectivity index (χ2n) is 7.64. The fourth-order valence-electron chi connectivity index (χ4n) is 3.82. The molecule has 0 spiro atoms. The summed E-state index contributed by atoms with van der Waals surface area (Å²) < 4.78 is 58.5. The highest BCUT2D eigenvalue weighted by Gasteiger charge is 2.39. The van der Waals surface area contributed by atoms with Crippen LogP contribution in [0.15, 0.2) is 18.2 Å². The lowest BCUT2D eigenvalue weighted by Gasteiger charge is -2.40. The van der Waals surface area contributed by atoms with Crippen LogP contribution in [-0.4, -0.2) is 67.4 Å².